The first kappa shape index (κ1) is 17.7. The van der Waals surface area contributed by atoms with Gasteiger partial charge in [-0.2, -0.15) is 0 Å². The molecule has 0 spiro atoms. The van der Waals surface area contributed by atoms with Gasteiger partial charge in [-0.25, -0.2) is 0 Å². The molecule has 5 heteroatoms. The molecule has 2 aromatic carbocycles. The Hall–Kier alpha value is -3.08. The van der Waals surface area contributed by atoms with Gasteiger partial charge in [0.05, 0.1) is 6.54 Å². The number of benzene rings is 2. The number of carbonyl (C=O) groups excluding carboxylic acids is 1. The predicted molar refractivity (Wildman–Crippen MR) is 107 cm³/mol. The number of nitrogens with zero attached hydrogens (tertiary/aromatic N) is 2. The molecule has 1 heterocycles. The van der Waals surface area contributed by atoms with E-state index in [0.29, 0.717) is 0 Å². The van der Waals surface area contributed by atoms with Crippen LogP contribution in [-0.2, 0) is 4.79 Å². The number of rotatable bonds is 4. The molecule has 0 radical (unpaired) electrons. The van der Waals surface area contributed by atoms with Crippen molar-refractivity contribution in [2.75, 3.05) is 32.0 Å². The van der Waals surface area contributed by atoms with Gasteiger partial charge in [0.15, 0.2) is 5.96 Å². The lowest BCUT2D eigenvalue weighted by molar-refractivity contribution is -0.115. The fourth-order valence-electron chi connectivity index (χ4n) is 2.99. The van der Waals surface area contributed by atoms with E-state index in [2.05, 4.69) is 50.9 Å². The molecule has 0 aromatic heterocycles. The molecule has 3 rings (SSSR count). The molecule has 134 valence electrons. The van der Waals surface area contributed by atoms with E-state index in [0.717, 1.165) is 31.2 Å². The van der Waals surface area contributed by atoms with Crippen molar-refractivity contribution in [3.63, 3.8) is 0 Å². The molecule has 2 N–H and O–H groups in total. The summed E-state index contributed by atoms with van der Waals surface area (Å²) >= 11 is 0. The second-order valence-corrected chi connectivity index (χ2v) is 6.11. The minimum absolute atomic E-state index is 0.0881. The van der Waals surface area contributed by atoms with Gasteiger partial charge in [0.2, 0.25) is 5.91 Å². The number of anilines is 1. The highest BCUT2D eigenvalue weighted by Gasteiger charge is 2.16. The van der Waals surface area contributed by atoms with Crippen LogP contribution < -0.4 is 10.6 Å². The Morgan fingerprint density at radius 1 is 1.08 bits per heavy atom. The topological polar surface area (TPSA) is 56.7 Å². The minimum Gasteiger partial charge on any atom is -0.347 e. The fraction of sp³-hybridized carbons (Fsp3) is 0.238. The van der Waals surface area contributed by atoms with E-state index in [-0.39, 0.29) is 12.5 Å². The van der Waals surface area contributed by atoms with Crippen LogP contribution in [0, 0.1) is 0 Å². The summed E-state index contributed by atoms with van der Waals surface area (Å²) in [6.45, 7) is 1.85. The number of para-hydroxylation sites is 1. The number of carbonyl (C=O) groups is 1. The highest BCUT2D eigenvalue weighted by atomic mass is 16.1. The Bertz CT molecular complexity index is 784. The van der Waals surface area contributed by atoms with Crippen LogP contribution in [0.1, 0.15) is 12.0 Å². The smallest absolute Gasteiger partial charge is 0.243 e. The van der Waals surface area contributed by atoms with Crippen LogP contribution >= 0.6 is 0 Å². The van der Waals surface area contributed by atoms with Crippen molar-refractivity contribution >= 4 is 23.1 Å². The maximum atomic E-state index is 12.1. The van der Waals surface area contributed by atoms with Gasteiger partial charge in [0, 0.05) is 25.8 Å². The maximum absolute atomic E-state index is 12.1. The molecule has 26 heavy (non-hydrogen) atoms. The van der Waals surface area contributed by atoms with Crippen LogP contribution in [0.5, 0.6) is 0 Å². The highest BCUT2D eigenvalue weighted by molar-refractivity contribution is 5.95. The van der Waals surface area contributed by atoms with E-state index >= 15 is 0 Å². The zero-order chi connectivity index (χ0) is 18.2. The molecule has 0 unspecified atom stereocenters. The van der Waals surface area contributed by atoms with E-state index in [1.165, 1.54) is 11.1 Å². The quantitative estimate of drug-likeness (QED) is 0.660. The number of hydrogen-bond donors (Lipinski definition) is 2. The van der Waals surface area contributed by atoms with Crippen LogP contribution in [0.25, 0.3) is 5.57 Å². The molecular formula is C21H24N4O. The number of nitrogens with one attached hydrogen (secondary N) is 2. The molecule has 1 aliphatic heterocycles. The van der Waals surface area contributed by atoms with E-state index in [1.54, 1.807) is 7.05 Å². The van der Waals surface area contributed by atoms with Crippen LogP contribution in [0.2, 0.25) is 0 Å². The van der Waals surface area contributed by atoms with Crippen LogP contribution in [0.15, 0.2) is 71.7 Å². The van der Waals surface area contributed by atoms with Crippen molar-refractivity contribution in [3.05, 3.63) is 72.3 Å². The second kappa shape index (κ2) is 8.85. The first-order chi connectivity index (χ1) is 12.8. The molecule has 0 saturated heterocycles. The summed E-state index contributed by atoms with van der Waals surface area (Å²) < 4.78 is 0. The van der Waals surface area contributed by atoms with Gasteiger partial charge in [-0.3, -0.25) is 9.79 Å². The first-order valence-corrected chi connectivity index (χ1v) is 8.81. The molecule has 0 saturated carbocycles. The predicted octanol–water partition coefficient (Wildman–Crippen LogP) is 2.99. The second-order valence-electron chi connectivity index (χ2n) is 6.11. The van der Waals surface area contributed by atoms with Crippen LogP contribution in [0.4, 0.5) is 5.69 Å². The third-order valence-corrected chi connectivity index (χ3v) is 4.33. The lowest BCUT2D eigenvalue weighted by Gasteiger charge is -2.29. The molecule has 5 nitrogen and oxygen atoms in total. The van der Waals surface area contributed by atoms with Crippen molar-refractivity contribution in [1.29, 1.82) is 0 Å². The van der Waals surface area contributed by atoms with Crippen molar-refractivity contribution in [3.8, 4) is 0 Å². The van der Waals surface area contributed by atoms with Crippen LogP contribution in [-0.4, -0.2) is 43.4 Å². The minimum atomic E-state index is -0.0881. The first-order valence-electron chi connectivity index (χ1n) is 8.81. The lowest BCUT2D eigenvalue weighted by atomic mass is 10.00. The van der Waals surface area contributed by atoms with Crippen LogP contribution in [0.3, 0.4) is 0 Å². The summed E-state index contributed by atoms with van der Waals surface area (Å²) in [4.78, 5) is 18.6. The van der Waals surface area contributed by atoms with Crippen molar-refractivity contribution in [2.24, 2.45) is 4.99 Å². The normalized spacial score (nSPS) is 14.6. The number of hydrogen-bond acceptors (Lipinski definition) is 2. The van der Waals surface area contributed by atoms with Gasteiger partial charge >= 0.3 is 0 Å². The van der Waals surface area contributed by atoms with Gasteiger partial charge < -0.3 is 15.5 Å². The Morgan fingerprint density at radius 3 is 2.38 bits per heavy atom. The monoisotopic (exact) mass is 348 g/mol. The van der Waals surface area contributed by atoms with Crippen molar-refractivity contribution in [1.82, 2.24) is 10.2 Å². The van der Waals surface area contributed by atoms with Gasteiger partial charge in [0.25, 0.3) is 0 Å². The molecule has 0 atom stereocenters. The summed E-state index contributed by atoms with van der Waals surface area (Å²) in [5.74, 6) is 0.659. The van der Waals surface area contributed by atoms with E-state index < -0.39 is 0 Å². The standard InChI is InChI=1S/C21H24N4O/c1-22-21(23-16-20(26)24-19-10-6-3-7-11-19)25-14-12-18(13-15-25)17-8-4-2-5-9-17/h2-12H,13-16H2,1H3,(H,22,23)(H,24,26). The van der Waals surface area contributed by atoms with Gasteiger partial charge in [-0.1, -0.05) is 54.6 Å². The number of amides is 1. The summed E-state index contributed by atoms with van der Waals surface area (Å²) in [5, 5.41) is 6.01. The van der Waals surface area contributed by atoms with Gasteiger partial charge in [-0.05, 0) is 29.7 Å². The SMILES string of the molecule is CN=C(NCC(=O)Nc1ccccc1)N1CC=C(c2ccccc2)CC1. The third kappa shape index (κ3) is 4.72. The molecule has 2 aromatic rings. The van der Waals surface area contributed by atoms with E-state index in [9.17, 15) is 4.79 Å². The summed E-state index contributed by atoms with van der Waals surface area (Å²) in [7, 11) is 1.74. The molecule has 0 bridgehead atoms. The zero-order valence-corrected chi connectivity index (χ0v) is 15.0. The lowest BCUT2D eigenvalue weighted by Crippen LogP contribution is -2.45. The molecule has 1 amide bonds. The van der Waals surface area contributed by atoms with Crippen molar-refractivity contribution in [2.45, 2.75) is 6.42 Å². The van der Waals surface area contributed by atoms with Crippen molar-refractivity contribution < 1.29 is 4.79 Å². The Morgan fingerprint density at radius 2 is 1.77 bits per heavy atom. The van der Waals surface area contributed by atoms with Gasteiger partial charge in [0.1, 0.15) is 0 Å². The van der Waals surface area contributed by atoms with E-state index in [4.69, 9.17) is 0 Å². The zero-order valence-electron chi connectivity index (χ0n) is 15.0. The fourth-order valence-corrected chi connectivity index (χ4v) is 2.99. The average Bonchev–Trinajstić information content (AvgIpc) is 2.70. The summed E-state index contributed by atoms with van der Waals surface area (Å²) in [6, 6.07) is 19.9. The Balaban J connectivity index is 1.52. The average molecular weight is 348 g/mol. The number of guanidine groups is 1. The highest BCUT2D eigenvalue weighted by Crippen LogP contribution is 2.21. The molecule has 0 fully saturated rings. The molecular weight excluding hydrogens is 324 g/mol. The number of aliphatic imine (C=N–C) groups is 1. The maximum Gasteiger partial charge on any atom is 0.243 e. The Labute approximate surface area is 154 Å². The summed E-state index contributed by atoms with van der Waals surface area (Å²) in [5.41, 5.74) is 3.43. The largest absolute Gasteiger partial charge is 0.347 e. The molecule has 1 aliphatic rings. The van der Waals surface area contributed by atoms with E-state index in [1.807, 2.05) is 36.4 Å². The summed E-state index contributed by atoms with van der Waals surface area (Å²) in [6.07, 6.45) is 3.19. The molecule has 0 aliphatic carbocycles. The third-order valence-electron chi connectivity index (χ3n) is 4.33. The Kier molecular flexibility index (Phi) is 6.04. The van der Waals surface area contributed by atoms with Gasteiger partial charge in [-0.15, -0.1) is 0 Å².